The number of carbonyl (C=O) groups is 1. The van der Waals surface area contributed by atoms with E-state index in [9.17, 15) is 26.7 Å². The van der Waals surface area contributed by atoms with Crippen LogP contribution in [0.15, 0.2) is 55.2 Å². The maximum absolute atomic E-state index is 13.9. The number of amides is 1. The van der Waals surface area contributed by atoms with Gasteiger partial charge in [-0.15, -0.1) is 0 Å². The molecule has 0 aliphatic carbocycles. The Labute approximate surface area is 251 Å². The summed E-state index contributed by atoms with van der Waals surface area (Å²) in [7, 11) is 0. The molecule has 0 saturated carbocycles. The molecule has 0 spiro atoms. The standard InChI is InChI=1S/C31H30F5N7O/c1-20(23-5-2-21(17-37)3-6-23)41-10-8-24(9-11-41)42-12-14-43(15-13-42)30-39-19-25(28(40-30)31(34,35)36)29(44)38-18-22-4-7-26(32)27(33)16-22/h2-7,16,19,24H,1,8-15,18H2,(H,38,44). The highest BCUT2D eigenvalue weighted by Gasteiger charge is 2.39. The Balaban J connectivity index is 1.16. The molecule has 13 heteroatoms. The number of likely N-dealkylation sites (tertiary alicyclic amines) is 1. The number of piperidine rings is 1. The summed E-state index contributed by atoms with van der Waals surface area (Å²) in [6.07, 6.45) is -2.23. The zero-order chi connectivity index (χ0) is 31.4. The van der Waals surface area contributed by atoms with Crippen molar-refractivity contribution in [1.82, 2.24) is 25.1 Å². The van der Waals surface area contributed by atoms with Crippen LogP contribution < -0.4 is 10.2 Å². The largest absolute Gasteiger partial charge is 0.434 e. The second kappa shape index (κ2) is 13.0. The summed E-state index contributed by atoms with van der Waals surface area (Å²) >= 11 is 0. The molecule has 3 heterocycles. The maximum Gasteiger partial charge on any atom is 0.434 e. The third kappa shape index (κ3) is 6.97. The Bertz CT molecular complexity index is 1560. The Morgan fingerprint density at radius 2 is 1.68 bits per heavy atom. The molecule has 1 N–H and O–H groups in total. The number of piperazine rings is 1. The number of hydrogen-bond acceptors (Lipinski definition) is 7. The van der Waals surface area contributed by atoms with Crippen molar-refractivity contribution in [3.05, 3.63) is 94.8 Å². The minimum absolute atomic E-state index is 0.109. The van der Waals surface area contributed by atoms with Crippen molar-refractivity contribution in [2.45, 2.75) is 31.6 Å². The number of anilines is 1. The average molecular weight is 612 g/mol. The van der Waals surface area contributed by atoms with E-state index in [1.165, 1.54) is 6.07 Å². The van der Waals surface area contributed by atoms with Crippen molar-refractivity contribution in [3.63, 3.8) is 0 Å². The minimum Gasteiger partial charge on any atom is -0.371 e. The van der Waals surface area contributed by atoms with E-state index in [0.717, 1.165) is 55.5 Å². The molecule has 0 atom stereocenters. The molecule has 3 aromatic rings. The predicted molar refractivity (Wildman–Crippen MR) is 153 cm³/mol. The van der Waals surface area contributed by atoms with Gasteiger partial charge in [0.05, 0.1) is 17.2 Å². The summed E-state index contributed by atoms with van der Waals surface area (Å²) in [5, 5.41) is 11.3. The number of benzene rings is 2. The molecule has 1 amide bonds. The van der Waals surface area contributed by atoms with E-state index >= 15 is 0 Å². The molecule has 230 valence electrons. The van der Waals surface area contributed by atoms with Gasteiger partial charge in [-0.05, 0) is 48.2 Å². The van der Waals surface area contributed by atoms with Crippen molar-refractivity contribution in [2.75, 3.05) is 44.2 Å². The van der Waals surface area contributed by atoms with Gasteiger partial charge >= 0.3 is 6.18 Å². The van der Waals surface area contributed by atoms with Crippen LogP contribution in [0.4, 0.5) is 27.9 Å². The molecule has 5 rings (SSSR count). The fraction of sp³-hybridized carbons (Fsp3) is 0.355. The van der Waals surface area contributed by atoms with Crippen molar-refractivity contribution in [2.24, 2.45) is 0 Å². The van der Waals surface area contributed by atoms with E-state index in [1.54, 1.807) is 17.0 Å². The zero-order valence-electron chi connectivity index (χ0n) is 23.7. The van der Waals surface area contributed by atoms with Gasteiger partial charge in [0.1, 0.15) is 0 Å². The number of alkyl halides is 3. The van der Waals surface area contributed by atoms with Crippen LogP contribution in [0.2, 0.25) is 0 Å². The van der Waals surface area contributed by atoms with Gasteiger partial charge in [0.2, 0.25) is 5.95 Å². The lowest BCUT2D eigenvalue weighted by atomic mass is 10.00. The normalized spacial score (nSPS) is 16.5. The van der Waals surface area contributed by atoms with E-state index in [0.29, 0.717) is 37.8 Å². The number of rotatable bonds is 7. The fourth-order valence-electron chi connectivity index (χ4n) is 5.54. The number of nitrogens with zero attached hydrogens (tertiary/aromatic N) is 6. The van der Waals surface area contributed by atoms with Gasteiger partial charge in [-0.1, -0.05) is 24.8 Å². The van der Waals surface area contributed by atoms with Gasteiger partial charge in [-0.3, -0.25) is 9.69 Å². The molecule has 2 fully saturated rings. The summed E-state index contributed by atoms with van der Waals surface area (Å²) in [5.74, 6) is -3.39. The van der Waals surface area contributed by atoms with E-state index < -0.39 is 35.0 Å². The first-order valence-corrected chi connectivity index (χ1v) is 14.1. The smallest absolute Gasteiger partial charge is 0.371 e. The summed E-state index contributed by atoms with van der Waals surface area (Å²) in [6.45, 7) is 7.68. The highest BCUT2D eigenvalue weighted by Crippen LogP contribution is 2.32. The van der Waals surface area contributed by atoms with Crippen molar-refractivity contribution in [1.29, 1.82) is 5.26 Å². The van der Waals surface area contributed by atoms with Crippen LogP contribution in [-0.4, -0.2) is 71.0 Å². The Morgan fingerprint density at radius 3 is 2.30 bits per heavy atom. The Kier molecular flexibility index (Phi) is 9.10. The summed E-state index contributed by atoms with van der Waals surface area (Å²) in [4.78, 5) is 26.7. The van der Waals surface area contributed by atoms with Gasteiger partial charge in [0, 0.05) is 63.7 Å². The van der Waals surface area contributed by atoms with Gasteiger partial charge in [0.25, 0.3) is 5.91 Å². The van der Waals surface area contributed by atoms with Crippen LogP contribution in [-0.2, 0) is 12.7 Å². The number of carbonyl (C=O) groups excluding carboxylic acids is 1. The molecule has 2 aliphatic rings. The molecular weight excluding hydrogens is 581 g/mol. The van der Waals surface area contributed by atoms with E-state index in [4.69, 9.17) is 5.26 Å². The predicted octanol–water partition coefficient (Wildman–Crippen LogP) is 4.83. The summed E-state index contributed by atoms with van der Waals surface area (Å²) in [6, 6.07) is 12.7. The third-order valence-electron chi connectivity index (χ3n) is 8.03. The second-order valence-electron chi connectivity index (χ2n) is 10.7. The second-order valence-corrected chi connectivity index (χ2v) is 10.7. The lowest BCUT2D eigenvalue weighted by molar-refractivity contribution is -0.141. The van der Waals surface area contributed by atoms with Gasteiger partial charge in [-0.2, -0.15) is 18.4 Å². The quantitative estimate of drug-likeness (QED) is 0.383. The number of aromatic nitrogens is 2. The molecule has 44 heavy (non-hydrogen) atoms. The first-order chi connectivity index (χ1) is 21.0. The first-order valence-electron chi connectivity index (χ1n) is 14.1. The molecule has 2 aromatic carbocycles. The molecular formula is C31H30F5N7O. The number of nitrogens with one attached hydrogen (secondary N) is 1. The Morgan fingerprint density at radius 1 is 1.00 bits per heavy atom. The molecule has 2 saturated heterocycles. The number of halogens is 5. The third-order valence-corrected chi connectivity index (χ3v) is 8.03. The molecule has 0 radical (unpaired) electrons. The summed E-state index contributed by atoms with van der Waals surface area (Å²) < 4.78 is 68.4. The van der Waals surface area contributed by atoms with Crippen LogP contribution >= 0.6 is 0 Å². The number of hydrogen-bond donors (Lipinski definition) is 1. The van der Waals surface area contributed by atoms with Crippen molar-refractivity contribution in [3.8, 4) is 6.07 Å². The average Bonchev–Trinajstić information content (AvgIpc) is 3.04. The summed E-state index contributed by atoms with van der Waals surface area (Å²) in [5.41, 5.74) is 0.554. The highest BCUT2D eigenvalue weighted by atomic mass is 19.4. The zero-order valence-corrected chi connectivity index (χ0v) is 23.7. The van der Waals surface area contributed by atoms with Crippen LogP contribution in [0.25, 0.3) is 5.70 Å². The van der Waals surface area contributed by atoms with E-state index in [2.05, 4.69) is 37.7 Å². The number of nitriles is 1. The van der Waals surface area contributed by atoms with Crippen molar-refractivity contribution < 1.29 is 26.7 Å². The van der Waals surface area contributed by atoms with Gasteiger partial charge in [0.15, 0.2) is 17.3 Å². The lowest BCUT2D eigenvalue weighted by Crippen LogP contribution is -2.53. The minimum atomic E-state index is -4.91. The van der Waals surface area contributed by atoms with Gasteiger partial charge in [-0.25, -0.2) is 18.7 Å². The van der Waals surface area contributed by atoms with Gasteiger partial charge < -0.3 is 15.1 Å². The monoisotopic (exact) mass is 611 g/mol. The fourth-order valence-corrected chi connectivity index (χ4v) is 5.54. The molecule has 0 unspecified atom stereocenters. The molecule has 1 aromatic heterocycles. The highest BCUT2D eigenvalue weighted by molar-refractivity contribution is 5.95. The SMILES string of the molecule is C=C(c1ccc(C#N)cc1)N1CCC(N2CCN(c3ncc(C(=O)NCc4ccc(F)c(F)c4)c(C(F)(F)F)n3)CC2)CC1. The van der Waals surface area contributed by atoms with Crippen LogP contribution in [0.5, 0.6) is 0 Å². The maximum atomic E-state index is 13.9. The molecule has 2 aliphatic heterocycles. The van der Waals surface area contributed by atoms with E-state index in [1.807, 2.05) is 12.1 Å². The molecule has 0 bridgehead atoms. The van der Waals surface area contributed by atoms with Crippen LogP contribution in [0.1, 0.15) is 45.6 Å². The topological polar surface area (TPSA) is 88.4 Å². The lowest BCUT2D eigenvalue weighted by Gasteiger charge is -2.43. The van der Waals surface area contributed by atoms with Crippen LogP contribution in [0, 0.1) is 23.0 Å². The Hall–Kier alpha value is -4.57. The van der Waals surface area contributed by atoms with Crippen LogP contribution in [0.3, 0.4) is 0 Å². The first kappa shape index (κ1) is 30.9. The van der Waals surface area contributed by atoms with Crippen molar-refractivity contribution >= 4 is 17.6 Å². The van der Waals surface area contributed by atoms with E-state index in [-0.39, 0.29) is 18.1 Å². The molecule has 8 nitrogen and oxygen atoms in total.